The van der Waals surface area contributed by atoms with Crippen molar-refractivity contribution in [2.75, 3.05) is 13.2 Å². The summed E-state index contributed by atoms with van der Waals surface area (Å²) in [5.41, 5.74) is -0.184. The highest BCUT2D eigenvalue weighted by molar-refractivity contribution is 5.69. The molecule has 1 aliphatic carbocycles. The lowest BCUT2D eigenvalue weighted by molar-refractivity contribution is 0.0149. The van der Waals surface area contributed by atoms with Crippen LogP contribution in [0.4, 0.5) is 4.79 Å². The van der Waals surface area contributed by atoms with Crippen LogP contribution in [0.2, 0.25) is 0 Å². The Morgan fingerprint density at radius 2 is 2.12 bits per heavy atom. The van der Waals surface area contributed by atoms with E-state index in [-0.39, 0.29) is 24.2 Å². The standard InChI is InChI=1S/C13H23NO3/c1-12(2,3)17-11(16)14-9-13(5-4-6-13)7-10(14)8-15/h10,15H,4-9H2,1-3H3/t10-/m0/s1. The van der Waals surface area contributed by atoms with Crippen LogP contribution in [0, 0.1) is 5.41 Å². The summed E-state index contributed by atoms with van der Waals surface area (Å²) in [6.07, 6.45) is 4.27. The van der Waals surface area contributed by atoms with Crippen LogP contribution in [0.1, 0.15) is 46.5 Å². The number of nitrogens with zero attached hydrogens (tertiary/aromatic N) is 1. The van der Waals surface area contributed by atoms with Crippen molar-refractivity contribution in [1.29, 1.82) is 0 Å². The molecule has 0 unspecified atom stereocenters. The van der Waals surface area contributed by atoms with E-state index in [0.29, 0.717) is 0 Å². The first-order chi connectivity index (χ1) is 7.85. The molecule has 17 heavy (non-hydrogen) atoms. The fourth-order valence-corrected chi connectivity index (χ4v) is 2.90. The zero-order valence-electron chi connectivity index (χ0n) is 11.0. The molecule has 0 bridgehead atoms. The van der Waals surface area contributed by atoms with Crippen LogP contribution in [-0.2, 0) is 4.74 Å². The summed E-state index contributed by atoms with van der Waals surface area (Å²) in [5, 5.41) is 9.39. The lowest BCUT2D eigenvalue weighted by atomic mass is 9.67. The predicted octanol–water partition coefficient (Wildman–Crippen LogP) is 2.16. The Morgan fingerprint density at radius 1 is 1.47 bits per heavy atom. The third-order valence-electron chi connectivity index (χ3n) is 3.87. The lowest BCUT2D eigenvalue weighted by Gasteiger charge is -2.38. The van der Waals surface area contributed by atoms with E-state index in [4.69, 9.17) is 4.74 Å². The van der Waals surface area contributed by atoms with Gasteiger partial charge in [0.05, 0.1) is 12.6 Å². The van der Waals surface area contributed by atoms with E-state index in [1.54, 1.807) is 4.90 Å². The third kappa shape index (κ3) is 2.57. The minimum atomic E-state index is -0.466. The Kier molecular flexibility index (Phi) is 3.10. The average Bonchev–Trinajstić information content (AvgIpc) is 2.53. The Hall–Kier alpha value is -0.770. The fraction of sp³-hybridized carbons (Fsp3) is 0.923. The van der Waals surface area contributed by atoms with Gasteiger partial charge in [0, 0.05) is 6.54 Å². The molecule has 4 heteroatoms. The fourth-order valence-electron chi connectivity index (χ4n) is 2.90. The van der Waals surface area contributed by atoms with Gasteiger partial charge in [-0.15, -0.1) is 0 Å². The number of aliphatic hydroxyl groups excluding tert-OH is 1. The van der Waals surface area contributed by atoms with E-state index >= 15 is 0 Å². The second-order valence-corrected chi connectivity index (χ2v) is 6.50. The van der Waals surface area contributed by atoms with Gasteiger partial charge in [0.25, 0.3) is 0 Å². The normalized spacial score (nSPS) is 27.1. The molecule has 0 radical (unpaired) electrons. The van der Waals surface area contributed by atoms with Crippen molar-refractivity contribution in [2.45, 2.75) is 58.1 Å². The molecule has 0 aromatic rings. The van der Waals surface area contributed by atoms with Crippen molar-refractivity contribution in [1.82, 2.24) is 4.90 Å². The SMILES string of the molecule is CC(C)(C)OC(=O)N1CC2(CCC2)C[C@H]1CO. The number of carbonyl (C=O) groups excluding carboxylic acids is 1. The van der Waals surface area contributed by atoms with E-state index in [9.17, 15) is 9.90 Å². The summed E-state index contributed by atoms with van der Waals surface area (Å²) < 4.78 is 5.39. The smallest absolute Gasteiger partial charge is 0.410 e. The summed E-state index contributed by atoms with van der Waals surface area (Å²) in [7, 11) is 0. The van der Waals surface area contributed by atoms with Gasteiger partial charge in [0.2, 0.25) is 0 Å². The average molecular weight is 241 g/mol. The van der Waals surface area contributed by atoms with Gasteiger partial charge >= 0.3 is 6.09 Å². The number of likely N-dealkylation sites (tertiary alicyclic amines) is 1. The molecule has 1 aliphatic heterocycles. The molecular weight excluding hydrogens is 218 g/mol. The van der Waals surface area contributed by atoms with Gasteiger partial charge in [-0.25, -0.2) is 4.79 Å². The van der Waals surface area contributed by atoms with Gasteiger partial charge in [-0.05, 0) is 45.4 Å². The topological polar surface area (TPSA) is 49.8 Å². The predicted molar refractivity (Wildman–Crippen MR) is 64.7 cm³/mol. The van der Waals surface area contributed by atoms with Crippen LogP contribution in [-0.4, -0.2) is 40.9 Å². The zero-order valence-corrected chi connectivity index (χ0v) is 11.0. The summed E-state index contributed by atoms with van der Waals surface area (Å²) in [6.45, 7) is 6.41. The number of amides is 1. The molecule has 1 atom stereocenters. The molecule has 0 aromatic heterocycles. The van der Waals surface area contributed by atoms with Gasteiger partial charge in [0.15, 0.2) is 0 Å². The van der Waals surface area contributed by atoms with E-state index in [0.717, 1.165) is 13.0 Å². The highest BCUT2D eigenvalue weighted by Crippen LogP contribution is 2.50. The summed E-state index contributed by atoms with van der Waals surface area (Å²) >= 11 is 0. The molecular formula is C13H23NO3. The quantitative estimate of drug-likeness (QED) is 0.765. The molecule has 4 nitrogen and oxygen atoms in total. The monoisotopic (exact) mass is 241 g/mol. The molecule has 1 spiro atoms. The highest BCUT2D eigenvalue weighted by atomic mass is 16.6. The largest absolute Gasteiger partial charge is 0.444 e. The van der Waals surface area contributed by atoms with E-state index in [2.05, 4.69) is 0 Å². The first-order valence-electron chi connectivity index (χ1n) is 6.46. The molecule has 2 rings (SSSR count). The van der Waals surface area contributed by atoms with Gasteiger partial charge in [-0.3, -0.25) is 0 Å². The second-order valence-electron chi connectivity index (χ2n) is 6.50. The zero-order chi connectivity index (χ0) is 12.7. The van der Waals surface area contributed by atoms with Crippen molar-refractivity contribution in [2.24, 2.45) is 5.41 Å². The molecule has 0 aromatic carbocycles. The number of hydrogen-bond acceptors (Lipinski definition) is 3. The van der Waals surface area contributed by atoms with Crippen LogP contribution in [0.5, 0.6) is 0 Å². The molecule has 2 fully saturated rings. The number of carbonyl (C=O) groups is 1. The van der Waals surface area contributed by atoms with Crippen molar-refractivity contribution in [3.8, 4) is 0 Å². The van der Waals surface area contributed by atoms with E-state index in [1.807, 2.05) is 20.8 Å². The minimum Gasteiger partial charge on any atom is -0.444 e. The van der Waals surface area contributed by atoms with Crippen molar-refractivity contribution in [3.63, 3.8) is 0 Å². The number of hydrogen-bond donors (Lipinski definition) is 1. The second kappa shape index (κ2) is 4.16. The Labute approximate surface area is 103 Å². The molecule has 1 heterocycles. The lowest BCUT2D eigenvalue weighted by Crippen LogP contribution is -2.42. The Morgan fingerprint density at radius 3 is 2.53 bits per heavy atom. The third-order valence-corrected chi connectivity index (χ3v) is 3.87. The first kappa shape index (κ1) is 12.7. The molecule has 2 aliphatic rings. The van der Waals surface area contributed by atoms with Crippen LogP contribution >= 0.6 is 0 Å². The molecule has 98 valence electrons. The number of ether oxygens (including phenoxy) is 1. The van der Waals surface area contributed by atoms with Crippen LogP contribution in [0.3, 0.4) is 0 Å². The number of rotatable bonds is 1. The van der Waals surface area contributed by atoms with Crippen LogP contribution in [0.15, 0.2) is 0 Å². The van der Waals surface area contributed by atoms with Gasteiger partial charge in [-0.1, -0.05) is 6.42 Å². The molecule has 1 N–H and O–H groups in total. The van der Waals surface area contributed by atoms with E-state index in [1.165, 1.54) is 19.3 Å². The maximum Gasteiger partial charge on any atom is 0.410 e. The maximum absolute atomic E-state index is 12.1. The van der Waals surface area contributed by atoms with E-state index < -0.39 is 5.60 Å². The Bertz CT molecular complexity index is 304. The van der Waals surface area contributed by atoms with Gasteiger partial charge in [0.1, 0.15) is 5.60 Å². The minimum absolute atomic E-state index is 0.0427. The molecule has 1 saturated carbocycles. The summed E-state index contributed by atoms with van der Waals surface area (Å²) in [4.78, 5) is 13.8. The van der Waals surface area contributed by atoms with Crippen molar-refractivity contribution < 1.29 is 14.6 Å². The maximum atomic E-state index is 12.1. The van der Waals surface area contributed by atoms with Gasteiger partial charge < -0.3 is 14.7 Å². The summed E-state index contributed by atoms with van der Waals surface area (Å²) in [6, 6.07) is -0.0508. The molecule has 1 amide bonds. The van der Waals surface area contributed by atoms with Crippen LogP contribution in [0.25, 0.3) is 0 Å². The van der Waals surface area contributed by atoms with Crippen molar-refractivity contribution in [3.05, 3.63) is 0 Å². The highest BCUT2D eigenvalue weighted by Gasteiger charge is 2.49. The van der Waals surface area contributed by atoms with Crippen LogP contribution < -0.4 is 0 Å². The first-order valence-corrected chi connectivity index (χ1v) is 6.46. The molecule has 1 saturated heterocycles. The Balaban J connectivity index is 2.01. The van der Waals surface area contributed by atoms with Crippen molar-refractivity contribution >= 4 is 6.09 Å². The van der Waals surface area contributed by atoms with Gasteiger partial charge in [-0.2, -0.15) is 0 Å². The number of aliphatic hydroxyl groups is 1. The summed E-state index contributed by atoms with van der Waals surface area (Å²) in [5.74, 6) is 0.